The summed E-state index contributed by atoms with van der Waals surface area (Å²) in [6.07, 6.45) is -3.05. The third-order valence-corrected chi connectivity index (χ3v) is 3.15. The number of halogens is 4. The second-order valence-corrected chi connectivity index (χ2v) is 5.24. The molecule has 0 radical (unpaired) electrons. The maximum absolute atomic E-state index is 13.8. The van der Waals surface area contributed by atoms with Crippen molar-refractivity contribution in [2.24, 2.45) is 0 Å². The van der Waals surface area contributed by atoms with Gasteiger partial charge in [0.1, 0.15) is 12.1 Å². The van der Waals surface area contributed by atoms with E-state index >= 15 is 0 Å². The van der Waals surface area contributed by atoms with Crippen LogP contribution in [0.25, 0.3) is 11.3 Å². The maximum Gasteiger partial charge on any atom is 0.573 e. The van der Waals surface area contributed by atoms with Gasteiger partial charge in [0, 0.05) is 31.6 Å². The second kappa shape index (κ2) is 8.45. The molecule has 0 aliphatic heterocycles. The van der Waals surface area contributed by atoms with Gasteiger partial charge in [0.05, 0.1) is 5.69 Å². The van der Waals surface area contributed by atoms with Crippen molar-refractivity contribution in [1.82, 2.24) is 15.3 Å². The van der Waals surface area contributed by atoms with Gasteiger partial charge >= 0.3 is 6.36 Å². The smallest absolute Gasteiger partial charge is 0.403 e. The minimum absolute atomic E-state index is 0.116. The first kappa shape index (κ1) is 19.4. The third kappa shape index (κ3) is 6.19. The number of benzene rings is 1. The molecule has 0 bridgehead atoms. The van der Waals surface area contributed by atoms with Gasteiger partial charge in [-0.3, -0.25) is 4.79 Å². The molecule has 1 aromatic heterocycles. The second-order valence-electron chi connectivity index (χ2n) is 5.24. The van der Waals surface area contributed by atoms with Crippen molar-refractivity contribution in [3.05, 3.63) is 36.4 Å². The molecule has 0 spiro atoms. The molecule has 10 heteroatoms. The summed E-state index contributed by atoms with van der Waals surface area (Å²) in [5, 5.41) is 5.67. The Morgan fingerprint density at radius 3 is 2.62 bits per heavy atom. The van der Waals surface area contributed by atoms with Gasteiger partial charge in [-0.25, -0.2) is 14.4 Å². The minimum Gasteiger partial charge on any atom is -0.403 e. The van der Waals surface area contributed by atoms with Gasteiger partial charge in [-0.2, -0.15) is 0 Å². The summed E-state index contributed by atoms with van der Waals surface area (Å²) < 4.78 is 53.9. The van der Waals surface area contributed by atoms with Crippen molar-refractivity contribution < 1.29 is 27.1 Å². The number of carbonyl (C=O) groups is 1. The molecule has 2 N–H and O–H groups in total. The monoisotopic (exact) mass is 372 g/mol. The lowest BCUT2D eigenvalue weighted by Gasteiger charge is -2.11. The van der Waals surface area contributed by atoms with Gasteiger partial charge in [-0.05, 0) is 24.6 Å². The molecule has 0 aliphatic rings. The van der Waals surface area contributed by atoms with Crippen LogP contribution in [0.3, 0.4) is 0 Å². The highest BCUT2D eigenvalue weighted by Crippen LogP contribution is 2.29. The molecule has 2 rings (SSSR count). The average Bonchev–Trinajstić information content (AvgIpc) is 2.55. The Balaban J connectivity index is 2.03. The van der Waals surface area contributed by atoms with Crippen LogP contribution in [0.4, 0.5) is 23.4 Å². The molecule has 0 unspecified atom stereocenters. The van der Waals surface area contributed by atoms with E-state index in [0.717, 1.165) is 12.1 Å². The van der Waals surface area contributed by atoms with Crippen LogP contribution < -0.4 is 15.4 Å². The summed E-state index contributed by atoms with van der Waals surface area (Å²) in [6.45, 7) is 2.46. The number of nitrogens with zero attached hydrogens (tertiary/aromatic N) is 2. The van der Waals surface area contributed by atoms with Crippen LogP contribution in [-0.2, 0) is 4.79 Å². The van der Waals surface area contributed by atoms with E-state index in [0.29, 0.717) is 31.0 Å². The summed E-state index contributed by atoms with van der Waals surface area (Å²) in [7, 11) is 0. The van der Waals surface area contributed by atoms with Crippen molar-refractivity contribution in [1.29, 1.82) is 0 Å². The first-order chi connectivity index (χ1) is 12.2. The van der Waals surface area contributed by atoms with E-state index in [1.54, 1.807) is 0 Å². The molecule has 0 aliphatic carbocycles. The zero-order valence-corrected chi connectivity index (χ0v) is 13.7. The summed E-state index contributed by atoms with van der Waals surface area (Å²) >= 11 is 0. The van der Waals surface area contributed by atoms with Crippen molar-refractivity contribution in [2.75, 3.05) is 18.4 Å². The summed E-state index contributed by atoms with van der Waals surface area (Å²) in [5.41, 5.74) is 0.613. The van der Waals surface area contributed by atoms with Crippen molar-refractivity contribution >= 4 is 11.7 Å². The van der Waals surface area contributed by atoms with Crippen LogP contribution in [0, 0.1) is 5.82 Å². The molecule has 0 saturated heterocycles. The van der Waals surface area contributed by atoms with E-state index in [1.807, 2.05) is 0 Å². The highest BCUT2D eigenvalue weighted by Gasteiger charge is 2.32. The molecule has 0 saturated carbocycles. The number of rotatable bonds is 7. The molecule has 1 aromatic carbocycles. The summed E-state index contributed by atoms with van der Waals surface area (Å²) in [5.74, 6) is -1.71. The minimum atomic E-state index is -4.97. The van der Waals surface area contributed by atoms with Crippen molar-refractivity contribution in [2.45, 2.75) is 19.7 Å². The van der Waals surface area contributed by atoms with Gasteiger partial charge < -0.3 is 15.4 Å². The van der Waals surface area contributed by atoms with Gasteiger partial charge in [0.15, 0.2) is 11.6 Å². The Labute approximate surface area is 146 Å². The van der Waals surface area contributed by atoms with Crippen LogP contribution in [0.15, 0.2) is 30.6 Å². The van der Waals surface area contributed by atoms with Crippen molar-refractivity contribution in [3.8, 4) is 17.0 Å². The molecule has 140 valence electrons. The first-order valence-corrected chi connectivity index (χ1v) is 7.60. The molecule has 2 aromatic rings. The molecule has 1 amide bonds. The van der Waals surface area contributed by atoms with Gasteiger partial charge in [0.25, 0.3) is 0 Å². The number of hydrogen-bond acceptors (Lipinski definition) is 5. The Morgan fingerprint density at radius 1 is 1.19 bits per heavy atom. The van der Waals surface area contributed by atoms with Gasteiger partial charge in [-0.15, -0.1) is 13.2 Å². The standard InChI is InChI=1S/C16H16F4N4O2/c1-10(25)21-5-2-6-22-15-8-13(23-9-24-15)11-3-4-14(12(17)7-11)26-16(18,19)20/h3-4,7-9H,2,5-6H2,1H3,(H,21,25)(H,22,23,24). The lowest BCUT2D eigenvalue weighted by atomic mass is 10.1. The largest absolute Gasteiger partial charge is 0.573 e. The number of nitrogens with one attached hydrogen (secondary N) is 2. The van der Waals surface area contributed by atoms with Crippen LogP contribution in [0.2, 0.25) is 0 Å². The summed E-state index contributed by atoms with van der Waals surface area (Å²) in [4.78, 5) is 18.7. The Hall–Kier alpha value is -2.91. The maximum atomic E-state index is 13.8. The molecular weight excluding hydrogens is 356 g/mol. The first-order valence-electron chi connectivity index (χ1n) is 7.60. The molecule has 26 heavy (non-hydrogen) atoms. The third-order valence-electron chi connectivity index (χ3n) is 3.15. The number of anilines is 1. The zero-order valence-electron chi connectivity index (χ0n) is 13.7. The van der Waals surface area contributed by atoms with E-state index < -0.39 is 17.9 Å². The Kier molecular flexibility index (Phi) is 6.31. The number of alkyl halides is 3. The lowest BCUT2D eigenvalue weighted by Crippen LogP contribution is -2.22. The van der Waals surface area contributed by atoms with Crippen molar-refractivity contribution in [3.63, 3.8) is 0 Å². The van der Waals surface area contributed by atoms with Crippen LogP contribution >= 0.6 is 0 Å². The van der Waals surface area contributed by atoms with E-state index in [4.69, 9.17) is 0 Å². The average molecular weight is 372 g/mol. The number of amides is 1. The highest BCUT2D eigenvalue weighted by atomic mass is 19.4. The fraction of sp³-hybridized carbons (Fsp3) is 0.312. The summed E-state index contributed by atoms with van der Waals surface area (Å²) in [6, 6.07) is 4.61. The predicted molar refractivity (Wildman–Crippen MR) is 85.9 cm³/mol. The normalized spacial score (nSPS) is 11.1. The van der Waals surface area contributed by atoms with E-state index in [1.165, 1.54) is 25.4 Å². The topological polar surface area (TPSA) is 76.1 Å². The molecular formula is C16H16F4N4O2. The van der Waals surface area contributed by atoms with Gasteiger partial charge in [0.2, 0.25) is 5.91 Å². The quantitative estimate of drug-likeness (QED) is 0.577. The molecule has 6 nitrogen and oxygen atoms in total. The zero-order chi connectivity index (χ0) is 19.2. The fourth-order valence-corrected chi connectivity index (χ4v) is 2.05. The molecule has 0 fully saturated rings. The lowest BCUT2D eigenvalue weighted by molar-refractivity contribution is -0.275. The van der Waals surface area contributed by atoms with Crippen LogP contribution in [0.5, 0.6) is 5.75 Å². The van der Waals surface area contributed by atoms with Crippen LogP contribution in [0.1, 0.15) is 13.3 Å². The van der Waals surface area contributed by atoms with E-state index in [-0.39, 0.29) is 11.5 Å². The van der Waals surface area contributed by atoms with Crippen LogP contribution in [-0.4, -0.2) is 35.3 Å². The van der Waals surface area contributed by atoms with E-state index in [9.17, 15) is 22.4 Å². The predicted octanol–water partition coefficient (Wildman–Crippen LogP) is 3.12. The number of ether oxygens (including phenoxy) is 1. The molecule has 0 atom stereocenters. The highest BCUT2D eigenvalue weighted by molar-refractivity contribution is 5.72. The number of carbonyl (C=O) groups excluding carboxylic acids is 1. The fourth-order valence-electron chi connectivity index (χ4n) is 2.05. The SMILES string of the molecule is CC(=O)NCCCNc1cc(-c2ccc(OC(F)(F)F)c(F)c2)ncn1. The van der Waals surface area contributed by atoms with E-state index in [2.05, 4.69) is 25.3 Å². The number of hydrogen-bond donors (Lipinski definition) is 2. The Bertz CT molecular complexity index is 768. The Morgan fingerprint density at radius 2 is 1.96 bits per heavy atom. The molecule has 1 heterocycles. The number of aromatic nitrogens is 2. The van der Waals surface area contributed by atoms with Gasteiger partial charge in [-0.1, -0.05) is 0 Å².